The fourth-order valence-electron chi connectivity index (χ4n) is 3.26. The van der Waals surface area contributed by atoms with Crippen LogP contribution in [0.2, 0.25) is 10.3 Å². The Kier molecular flexibility index (Phi) is 7.18. The number of nitrogens with zero attached hydrogens (tertiary/aromatic N) is 3. The second kappa shape index (κ2) is 9.82. The monoisotopic (exact) mass is 447 g/mol. The zero-order valence-corrected chi connectivity index (χ0v) is 18.1. The summed E-state index contributed by atoms with van der Waals surface area (Å²) in [5, 5.41) is 0.513. The average molecular weight is 448 g/mol. The van der Waals surface area contributed by atoms with Gasteiger partial charge < -0.3 is 10.6 Å². The van der Waals surface area contributed by atoms with Gasteiger partial charge in [-0.1, -0.05) is 66.9 Å². The lowest BCUT2D eigenvalue weighted by Crippen LogP contribution is -2.38. The van der Waals surface area contributed by atoms with Crippen molar-refractivity contribution in [2.45, 2.75) is 39.4 Å². The molecular weight excluding hydrogens is 425 g/mol. The molecule has 0 bridgehead atoms. The Hall–Kier alpha value is -2.77. The lowest BCUT2D eigenvalue weighted by atomic mass is 10.1. The van der Waals surface area contributed by atoms with Crippen molar-refractivity contribution in [1.29, 1.82) is 0 Å². The topological polar surface area (TPSA) is 97.0 Å². The summed E-state index contributed by atoms with van der Waals surface area (Å²) in [4.78, 5) is 33.3. The van der Waals surface area contributed by atoms with Crippen molar-refractivity contribution in [3.8, 4) is 0 Å². The van der Waals surface area contributed by atoms with Crippen molar-refractivity contribution < 1.29 is 0 Å². The van der Waals surface area contributed by atoms with Crippen LogP contribution in [0.4, 0.5) is 11.5 Å². The number of nitrogens with one attached hydrogen (secondary N) is 1. The second-order valence-corrected chi connectivity index (χ2v) is 7.74. The lowest BCUT2D eigenvalue weighted by molar-refractivity contribution is 0.602. The van der Waals surface area contributed by atoms with Crippen molar-refractivity contribution in [2.75, 3.05) is 10.6 Å². The van der Waals surface area contributed by atoms with E-state index >= 15 is 0 Å². The summed E-state index contributed by atoms with van der Waals surface area (Å²) in [5.41, 5.74) is 7.27. The molecule has 1 aromatic carbocycles. The molecule has 158 valence electrons. The number of anilines is 2. The van der Waals surface area contributed by atoms with E-state index < -0.39 is 11.2 Å². The van der Waals surface area contributed by atoms with Crippen LogP contribution in [0, 0.1) is 0 Å². The molecule has 3 aromatic rings. The summed E-state index contributed by atoms with van der Waals surface area (Å²) >= 11 is 12.1. The predicted molar refractivity (Wildman–Crippen MR) is 121 cm³/mol. The third-order valence-corrected chi connectivity index (χ3v) is 5.07. The minimum absolute atomic E-state index is 0.138. The van der Waals surface area contributed by atoms with Crippen LogP contribution in [-0.4, -0.2) is 14.5 Å². The summed E-state index contributed by atoms with van der Waals surface area (Å²) in [6.07, 6.45) is 1.66. The highest BCUT2D eigenvalue weighted by atomic mass is 35.5. The molecule has 0 unspecified atom stereocenters. The van der Waals surface area contributed by atoms with Gasteiger partial charge in [0.2, 0.25) is 0 Å². The molecule has 0 fully saturated rings. The van der Waals surface area contributed by atoms with Gasteiger partial charge in [-0.05, 0) is 29.7 Å². The molecule has 0 spiro atoms. The molecule has 0 saturated carbocycles. The third-order valence-electron chi connectivity index (χ3n) is 4.68. The Morgan fingerprint density at radius 3 is 2.33 bits per heavy atom. The molecule has 0 aliphatic heterocycles. The quantitative estimate of drug-likeness (QED) is 0.511. The Balaban J connectivity index is 2.09. The summed E-state index contributed by atoms with van der Waals surface area (Å²) in [6, 6.07) is 13.0. The molecule has 0 aliphatic carbocycles. The molecule has 2 heterocycles. The van der Waals surface area contributed by atoms with E-state index in [2.05, 4.69) is 9.97 Å². The zero-order valence-electron chi connectivity index (χ0n) is 16.6. The normalized spacial score (nSPS) is 10.9. The van der Waals surface area contributed by atoms with Gasteiger partial charge in [-0.25, -0.2) is 9.78 Å². The number of halogens is 2. The van der Waals surface area contributed by atoms with E-state index in [4.69, 9.17) is 28.9 Å². The standard InChI is InChI=1S/C21H23Cl2N5O2/c1-2-3-9-28-19(24)18(20(29)26-21(28)30)27(12-14-7-5-4-6-8-14)13-15-10-16(22)25-17(23)11-15/h4-8,10-11H,2-3,9,12-13,24H2,1H3,(H,26,29,30). The Morgan fingerprint density at radius 1 is 1.07 bits per heavy atom. The Morgan fingerprint density at radius 2 is 1.70 bits per heavy atom. The van der Waals surface area contributed by atoms with Crippen LogP contribution in [0.15, 0.2) is 52.1 Å². The molecule has 2 aromatic heterocycles. The van der Waals surface area contributed by atoms with Gasteiger partial charge in [-0.2, -0.15) is 0 Å². The maximum atomic E-state index is 12.8. The SMILES string of the molecule is CCCCn1c(N)c(N(Cc2ccccc2)Cc2cc(Cl)nc(Cl)c2)c(=O)[nH]c1=O. The predicted octanol–water partition coefficient (Wildman–Crippen LogP) is 3.83. The molecule has 3 N–H and O–H groups in total. The van der Waals surface area contributed by atoms with E-state index in [9.17, 15) is 9.59 Å². The van der Waals surface area contributed by atoms with Crippen molar-refractivity contribution >= 4 is 34.7 Å². The van der Waals surface area contributed by atoms with Gasteiger partial charge in [0.05, 0.1) is 0 Å². The summed E-state index contributed by atoms with van der Waals surface area (Å²) in [5.74, 6) is 0.138. The fourth-order valence-corrected chi connectivity index (χ4v) is 3.77. The van der Waals surface area contributed by atoms with Gasteiger partial charge in [-0.15, -0.1) is 0 Å². The van der Waals surface area contributed by atoms with Crippen LogP contribution in [-0.2, 0) is 19.6 Å². The first-order valence-electron chi connectivity index (χ1n) is 9.62. The first-order chi connectivity index (χ1) is 14.4. The number of H-pyrrole nitrogens is 1. The Bertz CT molecular complexity index is 1110. The molecule has 0 radical (unpaired) electrons. The van der Waals surface area contributed by atoms with Crippen molar-refractivity contribution in [1.82, 2.24) is 14.5 Å². The Labute approximate surface area is 184 Å². The number of aromatic amines is 1. The van der Waals surface area contributed by atoms with Crippen LogP contribution < -0.4 is 21.9 Å². The molecule has 30 heavy (non-hydrogen) atoms. The summed E-state index contributed by atoms with van der Waals surface area (Å²) < 4.78 is 1.41. The average Bonchev–Trinajstić information content (AvgIpc) is 2.67. The highest BCUT2D eigenvalue weighted by Crippen LogP contribution is 2.24. The van der Waals surface area contributed by atoms with Crippen molar-refractivity contribution in [3.05, 3.63) is 84.7 Å². The molecular formula is C21H23Cl2N5O2. The van der Waals surface area contributed by atoms with Gasteiger partial charge in [-0.3, -0.25) is 14.3 Å². The zero-order chi connectivity index (χ0) is 21.7. The maximum absolute atomic E-state index is 12.8. The molecule has 0 atom stereocenters. The van der Waals surface area contributed by atoms with Gasteiger partial charge in [0.25, 0.3) is 5.56 Å². The number of benzene rings is 1. The van der Waals surface area contributed by atoms with E-state index in [1.807, 2.05) is 42.2 Å². The number of pyridine rings is 1. The van der Waals surface area contributed by atoms with Crippen LogP contribution >= 0.6 is 23.2 Å². The lowest BCUT2D eigenvalue weighted by Gasteiger charge is -2.26. The van der Waals surface area contributed by atoms with Crippen LogP contribution in [0.5, 0.6) is 0 Å². The van der Waals surface area contributed by atoms with Gasteiger partial charge in [0.15, 0.2) is 0 Å². The van der Waals surface area contributed by atoms with Crippen LogP contribution in [0.3, 0.4) is 0 Å². The molecule has 0 saturated heterocycles. The number of hydrogen-bond acceptors (Lipinski definition) is 5. The maximum Gasteiger partial charge on any atom is 0.330 e. The van der Waals surface area contributed by atoms with E-state index in [0.717, 1.165) is 24.0 Å². The van der Waals surface area contributed by atoms with E-state index in [1.165, 1.54) is 4.57 Å². The number of aromatic nitrogens is 3. The van der Waals surface area contributed by atoms with Gasteiger partial charge in [0, 0.05) is 19.6 Å². The highest BCUT2D eigenvalue weighted by Gasteiger charge is 2.20. The van der Waals surface area contributed by atoms with Crippen LogP contribution in [0.1, 0.15) is 30.9 Å². The first-order valence-corrected chi connectivity index (χ1v) is 10.4. The largest absolute Gasteiger partial charge is 0.383 e. The molecule has 0 amide bonds. The minimum atomic E-state index is -0.535. The van der Waals surface area contributed by atoms with Gasteiger partial charge in [0.1, 0.15) is 21.8 Å². The number of unbranched alkanes of at least 4 members (excludes halogenated alkanes) is 1. The van der Waals surface area contributed by atoms with Crippen molar-refractivity contribution in [3.63, 3.8) is 0 Å². The van der Waals surface area contributed by atoms with E-state index in [-0.39, 0.29) is 21.8 Å². The molecule has 9 heteroatoms. The smallest absolute Gasteiger partial charge is 0.330 e. The van der Waals surface area contributed by atoms with E-state index in [0.29, 0.717) is 19.6 Å². The third kappa shape index (κ3) is 5.23. The number of nitrogens with two attached hydrogens (primary N) is 1. The van der Waals surface area contributed by atoms with Crippen molar-refractivity contribution in [2.24, 2.45) is 0 Å². The number of nitrogen functional groups attached to an aromatic ring is 1. The number of rotatable bonds is 8. The first kappa shape index (κ1) is 21.9. The van der Waals surface area contributed by atoms with Gasteiger partial charge >= 0.3 is 5.69 Å². The minimum Gasteiger partial charge on any atom is -0.383 e. The molecule has 7 nitrogen and oxygen atoms in total. The highest BCUT2D eigenvalue weighted by molar-refractivity contribution is 6.32. The number of hydrogen-bond donors (Lipinski definition) is 2. The van der Waals surface area contributed by atoms with E-state index in [1.54, 1.807) is 12.1 Å². The second-order valence-electron chi connectivity index (χ2n) is 6.96. The summed E-state index contributed by atoms with van der Waals surface area (Å²) in [7, 11) is 0. The summed E-state index contributed by atoms with van der Waals surface area (Å²) in [6.45, 7) is 3.15. The fraction of sp³-hybridized carbons (Fsp3) is 0.286. The van der Waals surface area contributed by atoms with Crippen LogP contribution in [0.25, 0.3) is 0 Å². The molecule has 0 aliphatic rings. The molecule has 3 rings (SSSR count).